The van der Waals surface area contributed by atoms with E-state index in [1.807, 2.05) is 0 Å². The van der Waals surface area contributed by atoms with Gasteiger partial charge < -0.3 is 4.48 Å². The van der Waals surface area contributed by atoms with Crippen molar-refractivity contribution in [3.63, 3.8) is 0 Å². The molecule has 1 heteroatoms. The van der Waals surface area contributed by atoms with Crippen molar-refractivity contribution in [1.82, 2.24) is 0 Å². The first kappa shape index (κ1) is 13.8. The summed E-state index contributed by atoms with van der Waals surface area (Å²) in [4.78, 5) is 0. The Hall–Kier alpha value is -1.60. The molecular weight excluding hydrogens is 278 g/mol. The summed E-state index contributed by atoms with van der Waals surface area (Å²) < 4.78 is 1.26. The van der Waals surface area contributed by atoms with Crippen LogP contribution in [-0.4, -0.2) is 17.6 Å². The average Bonchev–Trinajstić information content (AvgIpc) is 3.39. The van der Waals surface area contributed by atoms with Crippen molar-refractivity contribution in [2.45, 2.75) is 44.7 Å². The highest BCUT2D eigenvalue weighted by Crippen LogP contribution is 2.61. The van der Waals surface area contributed by atoms with Crippen LogP contribution in [0.2, 0.25) is 0 Å². The number of fused-ring (bicyclic) bond motifs is 7. The fourth-order valence-corrected chi connectivity index (χ4v) is 5.84. The largest absolute Gasteiger partial charge is 0.305 e. The minimum Gasteiger partial charge on any atom is -0.305 e. The van der Waals surface area contributed by atoms with Crippen LogP contribution < -0.4 is 0 Å². The molecule has 0 N–H and O–H groups in total. The summed E-state index contributed by atoms with van der Waals surface area (Å²) in [6, 6.07) is 19.2. The summed E-state index contributed by atoms with van der Waals surface area (Å²) >= 11 is 0. The van der Waals surface area contributed by atoms with E-state index in [1.165, 1.54) is 36.8 Å². The molecule has 2 aromatic carbocycles. The highest BCUT2D eigenvalue weighted by Gasteiger charge is 2.64. The Morgan fingerprint density at radius 1 is 1.00 bits per heavy atom. The van der Waals surface area contributed by atoms with E-state index in [9.17, 15) is 0 Å². The van der Waals surface area contributed by atoms with Crippen LogP contribution in [0.25, 0.3) is 0 Å². The molecule has 0 amide bonds. The Balaban J connectivity index is 1.82. The number of quaternary nitrogens is 1. The maximum absolute atomic E-state index is 2.54. The number of hydrogen-bond donors (Lipinski definition) is 0. The first-order valence-corrected chi connectivity index (χ1v) is 9.25. The van der Waals surface area contributed by atoms with Crippen LogP contribution in [-0.2, 0) is 12.0 Å². The third kappa shape index (κ3) is 1.57. The summed E-state index contributed by atoms with van der Waals surface area (Å²) in [6.45, 7) is 7.56. The molecule has 1 fully saturated rings. The van der Waals surface area contributed by atoms with Gasteiger partial charge in [-0.2, -0.15) is 0 Å². The normalized spacial score (nSPS) is 34.1. The Kier molecular flexibility index (Phi) is 2.69. The first-order valence-electron chi connectivity index (χ1n) is 9.25. The van der Waals surface area contributed by atoms with E-state index >= 15 is 0 Å². The van der Waals surface area contributed by atoms with Crippen molar-refractivity contribution in [3.05, 3.63) is 70.8 Å². The third-order valence-electron chi connectivity index (χ3n) is 7.13. The quantitative estimate of drug-likeness (QED) is 0.714. The van der Waals surface area contributed by atoms with Crippen LogP contribution in [0, 0.1) is 5.92 Å². The number of likely N-dealkylation sites (N-methyl/N-ethyl adjacent to an activating group) is 1. The minimum atomic E-state index is 0.132. The van der Waals surface area contributed by atoms with Crippen molar-refractivity contribution >= 4 is 0 Å². The number of rotatable bonds is 3. The molecule has 1 aliphatic carbocycles. The molecule has 0 saturated heterocycles. The zero-order valence-corrected chi connectivity index (χ0v) is 14.3. The number of nitrogens with zero attached hydrogens (tertiary/aromatic N) is 1. The fourth-order valence-electron chi connectivity index (χ4n) is 5.84. The zero-order valence-electron chi connectivity index (χ0n) is 14.3. The van der Waals surface area contributed by atoms with Crippen molar-refractivity contribution in [1.29, 1.82) is 0 Å². The second-order valence-corrected chi connectivity index (χ2v) is 8.01. The molecule has 118 valence electrons. The van der Waals surface area contributed by atoms with Crippen LogP contribution in [0.5, 0.6) is 0 Å². The first-order chi connectivity index (χ1) is 11.2. The lowest BCUT2D eigenvalue weighted by Crippen LogP contribution is -2.62. The van der Waals surface area contributed by atoms with Crippen molar-refractivity contribution in [2.75, 3.05) is 13.1 Å². The van der Waals surface area contributed by atoms with Gasteiger partial charge in [-0.1, -0.05) is 48.5 Å². The van der Waals surface area contributed by atoms with Crippen molar-refractivity contribution in [3.8, 4) is 0 Å². The summed E-state index contributed by atoms with van der Waals surface area (Å²) in [6.07, 6.45) is 4.10. The number of benzene rings is 2. The van der Waals surface area contributed by atoms with Crippen molar-refractivity contribution < 1.29 is 4.48 Å². The molecule has 1 nitrogen and oxygen atoms in total. The predicted octanol–water partition coefficient (Wildman–Crippen LogP) is 4.81. The summed E-state index contributed by atoms with van der Waals surface area (Å²) in [7, 11) is 0. The Labute approximate surface area is 139 Å². The van der Waals surface area contributed by atoms with E-state index in [-0.39, 0.29) is 5.54 Å². The lowest BCUT2D eigenvalue weighted by molar-refractivity contribution is -0.998. The van der Waals surface area contributed by atoms with Gasteiger partial charge in [-0.05, 0) is 32.3 Å². The van der Waals surface area contributed by atoms with Gasteiger partial charge in [0, 0.05) is 29.0 Å². The van der Waals surface area contributed by atoms with Gasteiger partial charge in [0.05, 0.1) is 13.1 Å². The second-order valence-electron chi connectivity index (χ2n) is 8.01. The zero-order chi connectivity index (χ0) is 15.7. The number of hydrogen-bond acceptors (Lipinski definition) is 0. The molecule has 0 radical (unpaired) electrons. The molecular formula is C22H26N+. The molecule has 5 rings (SSSR count). The van der Waals surface area contributed by atoms with Gasteiger partial charge in [-0.15, -0.1) is 0 Å². The monoisotopic (exact) mass is 304 g/mol. The topological polar surface area (TPSA) is 0 Å². The highest BCUT2D eigenvalue weighted by atomic mass is 15.5. The summed E-state index contributed by atoms with van der Waals surface area (Å²) in [5.74, 6) is 0.955. The van der Waals surface area contributed by atoms with Crippen LogP contribution in [0.15, 0.2) is 48.5 Å². The van der Waals surface area contributed by atoms with E-state index in [1.54, 1.807) is 22.3 Å². The molecule has 23 heavy (non-hydrogen) atoms. The fraction of sp³-hybridized carbons (Fsp3) is 0.455. The van der Waals surface area contributed by atoms with E-state index < -0.39 is 0 Å². The standard InChI is InChI=1S/C22H26N/c1-3-23(15-16-12-13-16)21-14-17-8-4-6-10-19(17)22(23,2)20-11-7-5-9-18(20)21/h4-11,16,21H,3,12-15H2,1-2H3/q+1/t21-,22+,23-/m1/s1. The van der Waals surface area contributed by atoms with E-state index in [4.69, 9.17) is 0 Å². The van der Waals surface area contributed by atoms with Gasteiger partial charge in [0.2, 0.25) is 0 Å². The molecule has 3 aliphatic rings. The van der Waals surface area contributed by atoms with E-state index in [0.717, 1.165) is 5.92 Å². The summed E-state index contributed by atoms with van der Waals surface area (Å²) in [5.41, 5.74) is 6.51. The summed E-state index contributed by atoms with van der Waals surface area (Å²) in [5, 5.41) is 0. The Morgan fingerprint density at radius 3 is 2.43 bits per heavy atom. The molecule has 0 spiro atoms. The molecule has 3 atom stereocenters. The van der Waals surface area contributed by atoms with Gasteiger partial charge in [0.1, 0.15) is 11.6 Å². The molecule has 0 aromatic heterocycles. The van der Waals surface area contributed by atoms with Gasteiger partial charge >= 0.3 is 0 Å². The van der Waals surface area contributed by atoms with Gasteiger partial charge in [-0.25, -0.2) is 0 Å². The Morgan fingerprint density at radius 2 is 1.70 bits per heavy atom. The predicted molar refractivity (Wildman–Crippen MR) is 94.2 cm³/mol. The van der Waals surface area contributed by atoms with Gasteiger partial charge in [-0.3, -0.25) is 0 Å². The molecule has 2 bridgehead atoms. The second kappa shape index (κ2) is 4.48. The highest BCUT2D eigenvalue weighted by molar-refractivity contribution is 5.51. The van der Waals surface area contributed by atoms with Crippen LogP contribution in [0.4, 0.5) is 0 Å². The molecule has 2 aromatic rings. The maximum Gasteiger partial charge on any atom is 0.149 e. The molecule has 0 unspecified atom stereocenters. The smallest absolute Gasteiger partial charge is 0.149 e. The third-order valence-corrected chi connectivity index (χ3v) is 7.13. The van der Waals surface area contributed by atoms with Crippen LogP contribution >= 0.6 is 0 Å². The van der Waals surface area contributed by atoms with Gasteiger partial charge in [0.25, 0.3) is 0 Å². The lowest BCUT2D eigenvalue weighted by atomic mass is 9.78. The lowest BCUT2D eigenvalue weighted by Gasteiger charge is -2.54. The Bertz CT molecular complexity index is 762. The molecule has 2 heterocycles. The minimum absolute atomic E-state index is 0.132. The molecule has 2 aliphatic heterocycles. The molecule has 1 saturated carbocycles. The van der Waals surface area contributed by atoms with Crippen LogP contribution in [0.1, 0.15) is 55.0 Å². The van der Waals surface area contributed by atoms with E-state index in [2.05, 4.69) is 62.4 Å². The van der Waals surface area contributed by atoms with Crippen LogP contribution in [0.3, 0.4) is 0 Å². The van der Waals surface area contributed by atoms with Gasteiger partial charge in [0.15, 0.2) is 0 Å². The van der Waals surface area contributed by atoms with E-state index in [0.29, 0.717) is 6.04 Å². The SMILES string of the molecule is CC[N@@+]1(CC2CC2)[C@@H]2Cc3ccccc3[C@@]1(C)c1ccccc12. The average molecular weight is 304 g/mol. The van der Waals surface area contributed by atoms with Crippen molar-refractivity contribution in [2.24, 2.45) is 5.92 Å². The maximum atomic E-state index is 2.54.